The van der Waals surface area contributed by atoms with Gasteiger partial charge in [-0.15, -0.1) is 0 Å². The lowest BCUT2D eigenvalue weighted by Crippen LogP contribution is -2.41. The lowest BCUT2D eigenvalue weighted by atomic mass is 9.75. The van der Waals surface area contributed by atoms with Crippen LogP contribution in [-0.4, -0.2) is 31.3 Å². The summed E-state index contributed by atoms with van der Waals surface area (Å²) in [6.45, 7) is 0. The van der Waals surface area contributed by atoms with Gasteiger partial charge >= 0.3 is 0 Å². The van der Waals surface area contributed by atoms with Crippen molar-refractivity contribution in [3.8, 4) is 0 Å². The van der Waals surface area contributed by atoms with Crippen molar-refractivity contribution in [2.24, 2.45) is 13.0 Å². The smallest absolute Gasteiger partial charge is 0.257 e. The maximum Gasteiger partial charge on any atom is 0.257 e. The molecule has 1 atom stereocenters. The van der Waals surface area contributed by atoms with E-state index in [9.17, 15) is 9.90 Å². The monoisotopic (exact) mass is 324 g/mol. The van der Waals surface area contributed by atoms with Crippen LogP contribution in [-0.2, 0) is 7.05 Å². The quantitative estimate of drug-likeness (QED) is 0.770. The fourth-order valence-electron chi connectivity index (χ4n) is 3.47. The predicted molar refractivity (Wildman–Crippen MR) is 89.5 cm³/mol. The zero-order valence-corrected chi connectivity index (χ0v) is 13.5. The van der Waals surface area contributed by atoms with Crippen LogP contribution < -0.4 is 5.32 Å². The predicted octanol–water partition coefficient (Wildman–Crippen LogP) is 1.91. The summed E-state index contributed by atoms with van der Waals surface area (Å²) in [5, 5.41) is 17.0. The van der Waals surface area contributed by atoms with E-state index in [0.29, 0.717) is 18.4 Å². The molecule has 0 aliphatic heterocycles. The molecule has 2 N–H and O–H groups in total. The van der Waals surface area contributed by atoms with Crippen LogP contribution in [0.1, 0.15) is 34.8 Å². The van der Waals surface area contributed by atoms with Crippen molar-refractivity contribution in [1.29, 1.82) is 0 Å². The highest BCUT2D eigenvalue weighted by molar-refractivity contribution is 6.00. The number of fused-ring (bicyclic) bond motifs is 1. The van der Waals surface area contributed by atoms with Gasteiger partial charge < -0.3 is 15.0 Å². The number of aliphatic hydroxyl groups excluding tert-OH is 1. The molecule has 124 valence electrons. The number of aromatic nitrogens is 3. The molecule has 1 aliphatic carbocycles. The van der Waals surface area contributed by atoms with Gasteiger partial charge in [-0.2, -0.15) is 5.10 Å². The van der Waals surface area contributed by atoms with Gasteiger partial charge in [0.25, 0.3) is 5.91 Å². The van der Waals surface area contributed by atoms with Crippen LogP contribution in [0.25, 0.3) is 5.65 Å². The van der Waals surface area contributed by atoms with E-state index in [0.717, 1.165) is 11.2 Å². The van der Waals surface area contributed by atoms with E-state index >= 15 is 0 Å². The SMILES string of the molecule is Cn1ccn2ncc(C(=O)N[C@@H](c3ccccc3)C3CC(O)C3)c12. The van der Waals surface area contributed by atoms with Gasteiger partial charge in [-0.05, 0) is 24.3 Å². The minimum Gasteiger partial charge on any atom is -0.393 e. The standard InChI is InChI=1S/C18H20N4O2/c1-21-7-8-22-18(21)15(11-19-22)17(24)20-16(13-9-14(23)10-13)12-5-3-2-4-6-12/h2-8,11,13-14,16,23H,9-10H2,1H3,(H,20,24)/t13?,14?,16-/m0/s1. The number of nitrogens with one attached hydrogen (secondary N) is 1. The Hall–Kier alpha value is -2.60. The second-order valence-corrected chi connectivity index (χ2v) is 6.48. The first-order valence-corrected chi connectivity index (χ1v) is 8.16. The molecule has 1 amide bonds. The molecule has 0 unspecified atom stereocenters. The molecule has 6 nitrogen and oxygen atoms in total. The van der Waals surface area contributed by atoms with Gasteiger partial charge in [0.15, 0.2) is 0 Å². The average molecular weight is 324 g/mol. The van der Waals surface area contributed by atoms with Gasteiger partial charge in [0.1, 0.15) is 11.2 Å². The van der Waals surface area contributed by atoms with Crippen molar-refractivity contribution in [1.82, 2.24) is 19.5 Å². The van der Waals surface area contributed by atoms with Gasteiger partial charge in [0.05, 0.1) is 18.3 Å². The molecule has 0 spiro atoms. The highest BCUT2D eigenvalue weighted by Crippen LogP contribution is 2.38. The number of hydrogen-bond donors (Lipinski definition) is 2. The summed E-state index contributed by atoms with van der Waals surface area (Å²) in [5.74, 6) is 0.118. The summed E-state index contributed by atoms with van der Waals surface area (Å²) in [6.07, 6.45) is 6.47. The highest BCUT2D eigenvalue weighted by atomic mass is 16.3. The number of amides is 1. The van der Waals surface area contributed by atoms with Gasteiger partial charge in [0, 0.05) is 19.4 Å². The lowest BCUT2D eigenvalue weighted by molar-refractivity contribution is 0.0235. The third-order valence-corrected chi connectivity index (χ3v) is 4.85. The minimum atomic E-state index is -0.256. The summed E-state index contributed by atoms with van der Waals surface area (Å²) in [4.78, 5) is 12.8. The molecule has 0 saturated heterocycles. The molecule has 4 rings (SSSR count). The Labute approximate surface area is 139 Å². The molecule has 1 saturated carbocycles. The Bertz CT molecular complexity index is 862. The van der Waals surface area contributed by atoms with Crippen molar-refractivity contribution in [2.75, 3.05) is 0 Å². The molecule has 2 heterocycles. The summed E-state index contributed by atoms with van der Waals surface area (Å²) < 4.78 is 3.58. The number of aliphatic hydroxyl groups is 1. The van der Waals surface area contributed by atoms with E-state index in [1.165, 1.54) is 0 Å². The summed E-state index contributed by atoms with van der Waals surface area (Å²) in [6, 6.07) is 9.84. The molecule has 1 aromatic carbocycles. The fraction of sp³-hybridized carbons (Fsp3) is 0.333. The summed E-state index contributed by atoms with van der Waals surface area (Å²) >= 11 is 0. The number of aryl methyl sites for hydroxylation is 1. The lowest BCUT2D eigenvalue weighted by Gasteiger charge is -2.38. The average Bonchev–Trinajstić information content (AvgIpc) is 3.14. The number of carbonyl (C=O) groups is 1. The number of carbonyl (C=O) groups excluding carboxylic acids is 1. The molecule has 0 radical (unpaired) electrons. The first-order chi connectivity index (χ1) is 11.6. The zero-order valence-electron chi connectivity index (χ0n) is 13.5. The second kappa shape index (κ2) is 5.79. The van der Waals surface area contributed by atoms with Crippen LogP contribution in [0.4, 0.5) is 0 Å². The highest BCUT2D eigenvalue weighted by Gasteiger charge is 2.36. The van der Waals surface area contributed by atoms with Crippen molar-refractivity contribution >= 4 is 11.6 Å². The van der Waals surface area contributed by atoms with E-state index in [4.69, 9.17) is 0 Å². The Morgan fingerprint density at radius 1 is 1.29 bits per heavy atom. The molecular weight excluding hydrogens is 304 g/mol. The topological polar surface area (TPSA) is 71.6 Å². The van der Waals surface area contributed by atoms with Crippen LogP contribution in [0.15, 0.2) is 48.9 Å². The van der Waals surface area contributed by atoms with Crippen LogP contribution in [0, 0.1) is 5.92 Å². The third-order valence-electron chi connectivity index (χ3n) is 4.85. The molecule has 24 heavy (non-hydrogen) atoms. The van der Waals surface area contributed by atoms with Gasteiger partial charge in [-0.25, -0.2) is 4.52 Å². The third kappa shape index (κ3) is 2.49. The van der Waals surface area contributed by atoms with Crippen molar-refractivity contribution < 1.29 is 9.90 Å². The van der Waals surface area contributed by atoms with E-state index in [1.54, 1.807) is 10.7 Å². The van der Waals surface area contributed by atoms with E-state index in [1.807, 2.05) is 54.3 Å². The fourth-order valence-corrected chi connectivity index (χ4v) is 3.47. The minimum absolute atomic E-state index is 0.0997. The van der Waals surface area contributed by atoms with E-state index in [-0.39, 0.29) is 24.0 Å². The summed E-state index contributed by atoms with van der Waals surface area (Å²) in [5.41, 5.74) is 2.40. The number of imidazole rings is 1. The van der Waals surface area contributed by atoms with Crippen LogP contribution >= 0.6 is 0 Å². The number of nitrogens with zero attached hydrogens (tertiary/aromatic N) is 3. The summed E-state index contributed by atoms with van der Waals surface area (Å²) in [7, 11) is 1.89. The maximum atomic E-state index is 12.8. The van der Waals surface area contributed by atoms with E-state index in [2.05, 4.69) is 10.4 Å². The van der Waals surface area contributed by atoms with Crippen molar-refractivity contribution in [3.05, 3.63) is 60.0 Å². The number of benzene rings is 1. The molecule has 0 bridgehead atoms. The second-order valence-electron chi connectivity index (χ2n) is 6.48. The van der Waals surface area contributed by atoms with E-state index < -0.39 is 0 Å². The van der Waals surface area contributed by atoms with Crippen LogP contribution in [0.3, 0.4) is 0 Å². The Balaban J connectivity index is 1.62. The molecule has 3 aromatic rings. The Morgan fingerprint density at radius 3 is 2.75 bits per heavy atom. The normalized spacial score (nSPS) is 21.4. The Morgan fingerprint density at radius 2 is 2.04 bits per heavy atom. The molecule has 2 aromatic heterocycles. The van der Waals surface area contributed by atoms with Gasteiger partial charge in [-0.1, -0.05) is 30.3 Å². The zero-order chi connectivity index (χ0) is 16.7. The van der Waals surface area contributed by atoms with Crippen molar-refractivity contribution in [2.45, 2.75) is 25.0 Å². The largest absolute Gasteiger partial charge is 0.393 e. The molecule has 6 heteroatoms. The first kappa shape index (κ1) is 15.0. The Kier molecular flexibility index (Phi) is 3.61. The number of hydrogen-bond acceptors (Lipinski definition) is 3. The number of rotatable bonds is 4. The first-order valence-electron chi connectivity index (χ1n) is 8.16. The molecular formula is C18H20N4O2. The van der Waals surface area contributed by atoms with Crippen molar-refractivity contribution in [3.63, 3.8) is 0 Å². The maximum absolute atomic E-state index is 12.8. The van der Waals surface area contributed by atoms with Gasteiger partial charge in [-0.3, -0.25) is 4.79 Å². The van der Waals surface area contributed by atoms with Gasteiger partial charge in [0.2, 0.25) is 0 Å². The molecule has 1 aliphatic rings. The molecule has 1 fully saturated rings. The van der Waals surface area contributed by atoms with Crippen LogP contribution in [0.2, 0.25) is 0 Å². The van der Waals surface area contributed by atoms with Crippen LogP contribution in [0.5, 0.6) is 0 Å².